The molecule has 5 heteroatoms. The molecule has 0 saturated heterocycles. The molecule has 3 rings (SSSR count). The number of para-hydroxylation sites is 1. The van der Waals surface area contributed by atoms with Gasteiger partial charge in [0.15, 0.2) is 4.96 Å². The molecule has 0 atom stereocenters. The zero-order chi connectivity index (χ0) is 15.7. The van der Waals surface area contributed by atoms with Gasteiger partial charge in [-0.3, -0.25) is 4.40 Å². The SMILES string of the molecule is CCOc1ccccc1-c1nc2sc(C)c(C)n2c1CCN. The van der Waals surface area contributed by atoms with Gasteiger partial charge in [0.05, 0.1) is 18.0 Å². The van der Waals surface area contributed by atoms with Crippen molar-refractivity contribution >= 4 is 16.3 Å². The maximum absolute atomic E-state index is 5.84. The van der Waals surface area contributed by atoms with Gasteiger partial charge in [-0.25, -0.2) is 4.98 Å². The van der Waals surface area contributed by atoms with Crippen LogP contribution in [-0.2, 0) is 6.42 Å². The Kier molecular flexibility index (Phi) is 4.18. The summed E-state index contributed by atoms with van der Waals surface area (Å²) in [5.74, 6) is 0.878. The lowest BCUT2D eigenvalue weighted by Crippen LogP contribution is -2.07. The number of benzene rings is 1. The standard InChI is InChI=1S/C17H21N3OS/c1-4-21-15-8-6-5-7-13(15)16-14(9-10-18)20-11(2)12(3)22-17(20)19-16/h5-8H,4,9-10,18H2,1-3H3. The number of imidazole rings is 1. The van der Waals surface area contributed by atoms with E-state index in [1.807, 2.05) is 25.1 Å². The Morgan fingerprint density at radius 2 is 2.05 bits per heavy atom. The summed E-state index contributed by atoms with van der Waals surface area (Å²) in [5.41, 5.74) is 10.3. The van der Waals surface area contributed by atoms with E-state index in [4.69, 9.17) is 15.5 Å². The number of hydrogen-bond donors (Lipinski definition) is 1. The highest BCUT2D eigenvalue weighted by molar-refractivity contribution is 7.17. The third kappa shape index (κ3) is 2.40. The summed E-state index contributed by atoms with van der Waals surface area (Å²) in [4.78, 5) is 7.20. The molecule has 0 radical (unpaired) electrons. The number of aromatic nitrogens is 2. The van der Waals surface area contributed by atoms with Gasteiger partial charge in [-0.2, -0.15) is 0 Å². The minimum Gasteiger partial charge on any atom is -0.493 e. The predicted molar refractivity (Wildman–Crippen MR) is 91.9 cm³/mol. The van der Waals surface area contributed by atoms with Gasteiger partial charge in [0.25, 0.3) is 0 Å². The summed E-state index contributed by atoms with van der Waals surface area (Å²) in [5, 5.41) is 0. The average molecular weight is 315 g/mol. The Morgan fingerprint density at radius 3 is 2.77 bits per heavy atom. The molecule has 0 aliphatic rings. The Hall–Kier alpha value is -1.85. The number of rotatable bonds is 5. The first-order valence-electron chi connectivity index (χ1n) is 7.57. The van der Waals surface area contributed by atoms with Crippen LogP contribution in [0.1, 0.15) is 23.2 Å². The molecule has 3 aromatic rings. The van der Waals surface area contributed by atoms with Crippen molar-refractivity contribution in [1.82, 2.24) is 9.38 Å². The summed E-state index contributed by atoms with van der Waals surface area (Å²) in [7, 11) is 0. The van der Waals surface area contributed by atoms with Crippen molar-refractivity contribution in [3.63, 3.8) is 0 Å². The zero-order valence-corrected chi connectivity index (χ0v) is 14.0. The van der Waals surface area contributed by atoms with Crippen molar-refractivity contribution in [1.29, 1.82) is 0 Å². The van der Waals surface area contributed by atoms with Crippen LogP contribution in [0.25, 0.3) is 16.2 Å². The summed E-state index contributed by atoms with van der Waals surface area (Å²) in [6.07, 6.45) is 0.800. The second-order valence-corrected chi connectivity index (χ2v) is 6.42. The second kappa shape index (κ2) is 6.10. The summed E-state index contributed by atoms with van der Waals surface area (Å²) in [6, 6.07) is 8.08. The van der Waals surface area contributed by atoms with Crippen molar-refractivity contribution in [2.24, 2.45) is 5.73 Å². The normalized spacial score (nSPS) is 11.3. The first-order valence-corrected chi connectivity index (χ1v) is 8.38. The van der Waals surface area contributed by atoms with Gasteiger partial charge >= 0.3 is 0 Å². The van der Waals surface area contributed by atoms with E-state index < -0.39 is 0 Å². The highest BCUT2D eigenvalue weighted by Gasteiger charge is 2.20. The minimum absolute atomic E-state index is 0.603. The summed E-state index contributed by atoms with van der Waals surface area (Å²) < 4.78 is 8.01. The van der Waals surface area contributed by atoms with Gasteiger partial charge in [-0.1, -0.05) is 12.1 Å². The van der Waals surface area contributed by atoms with E-state index in [-0.39, 0.29) is 0 Å². The van der Waals surface area contributed by atoms with E-state index >= 15 is 0 Å². The molecule has 0 unspecified atom stereocenters. The van der Waals surface area contributed by atoms with E-state index in [1.165, 1.54) is 16.3 Å². The number of fused-ring (bicyclic) bond motifs is 1. The zero-order valence-electron chi connectivity index (χ0n) is 13.2. The molecule has 2 N–H and O–H groups in total. The van der Waals surface area contributed by atoms with Crippen LogP contribution in [0.2, 0.25) is 0 Å². The molecule has 1 aromatic carbocycles. The maximum Gasteiger partial charge on any atom is 0.194 e. The minimum atomic E-state index is 0.603. The molecule has 0 spiro atoms. The smallest absolute Gasteiger partial charge is 0.194 e. The molecule has 2 heterocycles. The van der Waals surface area contributed by atoms with Crippen molar-refractivity contribution in [2.75, 3.05) is 13.2 Å². The highest BCUT2D eigenvalue weighted by Crippen LogP contribution is 2.35. The van der Waals surface area contributed by atoms with Crippen LogP contribution in [0.3, 0.4) is 0 Å². The molecule has 0 fully saturated rings. The van der Waals surface area contributed by atoms with Crippen LogP contribution >= 0.6 is 11.3 Å². The lowest BCUT2D eigenvalue weighted by Gasteiger charge is -2.10. The largest absolute Gasteiger partial charge is 0.493 e. The molecular formula is C17H21N3OS. The molecular weight excluding hydrogens is 294 g/mol. The molecule has 22 heavy (non-hydrogen) atoms. The maximum atomic E-state index is 5.84. The molecule has 0 bridgehead atoms. The molecule has 116 valence electrons. The fourth-order valence-electron chi connectivity index (χ4n) is 2.74. The molecule has 4 nitrogen and oxygen atoms in total. The monoisotopic (exact) mass is 315 g/mol. The van der Waals surface area contributed by atoms with Crippen molar-refractivity contribution in [3.05, 3.63) is 40.5 Å². The summed E-state index contributed by atoms with van der Waals surface area (Å²) in [6.45, 7) is 7.51. The van der Waals surface area contributed by atoms with Crippen LogP contribution in [0.5, 0.6) is 5.75 Å². The lowest BCUT2D eigenvalue weighted by molar-refractivity contribution is 0.341. The fraction of sp³-hybridized carbons (Fsp3) is 0.353. The van der Waals surface area contributed by atoms with Crippen molar-refractivity contribution in [2.45, 2.75) is 27.2 Å². The van der Waals surface area contributed by atoms with Gasteiger partial charge in [0.1, 0.15) is 5.75 Å². The van der Waals surface area contributed by atoms with Crippen LogP contribution in [0, 0.1) is 13.8 Å². The van der Waals surface area contributed by atoms with Gasteiger partial charge in [0.2, 0.25) is 0 Å². The van der Waals surface area contributed by atoms with Crippen molar-refractivity contribution < 1.29 is 4.74 Å². The van der Waals surface area contributed by atoms with E-state index in [9.17, 15) is 0 Å². The Balaban J connectivity index is 2.25. The van der Waals surface area contributed by atoms with Gasteiger partial charge < -0.3 is 10.5 Å². The molecule has 0 saturated carbocycles. The third-order valence-corrected chi connectivity index (χ3v) is 4.91. The first kappa shape index (κ1) is 15.1. The third-order valence-electron chi connectivity index (χ3n) is 3.85. The Morgan fingerprint density at radius 1 is 1.27 bits per heavy atom. The quantitative estimate of drug-likeness (QED) is 0.783. The van der Waals surface area contributed by atoms with Crippen LogP contribution in [-0.4, -0.2) is 22.5 Å². The number of hydrogen-bond acceptors (Lipinski definition) is 4. The van der Waals surface area contributed by atoms with Gasteiger partial charge in [-0.05, 0) is 39.4 Å². The highest BCUT2D eigenvalue weighted by atomic mass is 32.1. The molecule has 0 aliphatic carbocycles. The summed E-state index contributed by atoms with van der Waals surface area (Å²) >= 11 is 1.72. The van der Waals surface area contributed by atoms with Crippen LogP contribution in [0.15, 0.2) is 24.3 Å². The Bertz CT molecular complexity index is 804. The first-order chi connectivity index (χ1) is 10.7. The fourth-order valence-corrected chi connectivity index (χ4v) is 3.73. The van der Waals surface area contributed by atoms with Gasteiger partial charge in [-0.15, -0.1) is 11.3 Å². The second-order valence-electron chi connectivity index (χ2n) is 5.24. The number of nitrogens with two attached hydrogens (primary N) is 1. The lowest BCUT2D eigenvalue weighted by atomic mass is 10.1. The van der Waals surface area contributed by atoms with Gasteiger partial charge in [0, 0.05) is 22.6 Å². The Labute approximate surface area is 134 Å². The van der Waals surface area contributed by atoms with E-state index in [2.05, 4.69) is 24.3 Å². The molecule has 0 amide bonds. The number of thiazole rings is 1. The number of aryl methyl sites for hydroxylation is 2. The van der Waals surface area contributed by atoms with Crippen LogP contribution in [0.4, 0.5) is 0 Å². The number of ether oxygens (including phenoxy) is 1. The molecule has 2 aromatic heterocycles. The number of nitrogens with zero attached hydrogens (tertiary/aromatic N) is 2. The average Bonchev–Trinajstić information content (AvgIpc) is 2.99. The van der Waals surface area contributed by atoms with E-state index in [1.54, 1.807) is 11.3 Å². The predicted octanol–water partition coefficient (Wildman–Crippen LogP) is 3.58. The van der Waals surface area contributed by atoms with E-state index in [0.29, 0.717) is 13.2 Å². The van der Waals surface area contributed by atoms with Crippen LogP contribution < -0.4 is 10.5 Å². The molecule has 0 aliphatic heterocycles. The topological polar surface area (TPSA) is 52.5 Å². The van der Waals surface area contributed by atoms with Crippen molar-refractivity contribution in [3.8, 4) is 17.0 Å². The van der Waals surface area contributed by atoms with E-state index in [0.717, 1.165) is 28.4 Å².